The molecule has 0 bridgehead atoms. The summed E-state index contributed by atoms with van der Waals surface area (Å²) in [5.74, 6) is -2.82. The van der Waals surface area contributed by atoms with Crippen molar-refractivity contribution in [1.82, 2.24) is 0 Å². The molecule has 0 unspecified atom stereocenters. The predicted octanol–water partition coefficient (Wildman–Crippen LogP) is 6.79. The van der Waals surface area contributed by atoms with Crippen molar-refractivity contribution in [3.63, 3.8) is 0 Å². The SMILES string of the molecule is Fc1cc(F)cc(-c2sc3ccccc3c2-c2cc(F)cc(F)c2)c1. The van der Waals surface area contributed by atoms with Gasteiger partial charge in [0, 0.05) is 32.7 Å². The highest BCUT2D eigenvalue weighted by Gasteiger charge is 2.18. The second-order valence-electron chi connectivity index (χ2n) is 5.62. The number of fused-ring (bicyclic) bond motifs is 1. The second kappa shape index (κ2) is 6.01. The largest absolute Gasteiger partial charge is 0.207 e. The molecule has 0 saturated heterocycles. The Morgan fingerprint density at radius 3 is 1.72 bits per heavy atom. The van der Waals surface area contributed by atoms with Crippen molar-refractivity contribution < 1.29 is 17.6 Å². The van der Waals surface area contributed by atoms with Crippen molar-refractivity contribution in [2.45, 2.75) is 0 Å². The Labute approximate surface area is 145 Å². The lowest BCUT2D eigenvalue weighted by Gasteiger charge is -2.07. The van der Waals surface area contributed by atoms with Crippen molar-refractivity contribution in [3.05, 3.63) is 83.9 Å². The zero-order chi connectivity index (χ0) is 17.6. The van der Waals surface area contributed by atoms with Crippen LogP contribution in [0.2, 0.25) is 0 Å². The third-order valence-electron chi connectivity index (χ3n) is 3.87. The zero-order valence-electron chi connectivity index (χ0n) is 12.7. The lowest BCUT2D eigenvalue weighted by molar-refractivity contribution is 0.583. The summed E-state index contributed by atoms with van der Waals surface area (Å²) in [5.41, 5.74) is 1.22. The monoisotopic (exact) mass is 358 g/mol. The van der Waals surface area contributed by atoms with Crippen LogP contribution in [0.1, 0.15) is 0 Å². The first-order valence-electron chi connectivity index (χ1n) is 7.46. The van der Waals surface area contributed by atoms with E-state index < -0.39 is 23.3 Å². The van der Waals surface area contributed by atoms with Crippen LogP contribution in [0.3, 0.4) is 0 Å². The zero-order valence-corrected chi connectivity index (χ0v) is 13.5. The molecule has 1 heterocycles. The lowest BCUT2D eigenvalue weighted by atomic mass is 9.98. The number of benzene rings is 3. The van der Waals surface area contributed by atoms with Gasteiger partial charge in [0.25, 0.3) is 0 Å². The Bertz CT molecular complexity index is 1060. The van der Waals surface area contributed by atoms with Gasteiger partial charge >= 0.3 is 0 Å². The van der Waals surface area contributed by atoms with E-state index in [0.29, 0.717) is 21.6 Å². The third kappa shape index (κ3) is 2.91. The summed E-state index contributed by atoms with van der Waals surface area (Å²) in [4.78, 5) is 0.560. The fourth-order valence-electron chi connectivity index (χ4n) is 2.92. The minimum atomic E-state index is -0.707. The van der Waals surface area contributed by atoms with E-state index >= 15 is 0 Å². The molecule has 4 rings (SSSR count). The Morgan fingerprint density at radius 1 is 0.600 bits per heavy atom. The standard InChI is InChI=1S/C20H10F4S/c21-13-5-11(6-14(22)9-13)19-17-3-1-2-4-18(17)25-20(19)12-7-15(23)10-16(24)8-12/h1-10H. The van der Waals surface area contributed by atoms with Gasteiger partial charge in [0.2, 0.25) is 0 Å². The molecule has 25 heavy (non-hydrogen) atoms. The molecule has 0 aliphatic rings. The van der Waals surface area contributed by atoms with Crippen LogP contribution < -0.4 is 0 Å². The summed E-state index contributed by atoms with van der Waals surface area (Å²) < 4.78 is 55.7. The molecule has 0 radical (unpaired) electrons. The third-order valence-corrected chi connectivity index (χ3v) is 5.09. The average molecular weight is 358 g/mol. The summed E-state index contributed by atoms with van der Waals surface area (Å²) in [6.45, 7) is 0. The van der Waals surface area contributed by atoms with E-state index in [-0.39, 0.29) is 0 Å². The first-order valence-corrected chi connectivity index (χ1v) is 8.27. The van der Waals surface area contributed by atoms with Crippen molar-refractivity contribution in [1.29, 1.82) is 0 Å². The first kappa shape index (κ1) is 15.8. The van der Waals surface area contributed by atoms with Crippen molar-refractivity contribution in [2.24, 2.45) is 0 Å². The molecule has 5 heteroatoms. The maximum atomic E-state index is 13.7. The van der Waals surface area contributed by atoms with Gasteiger partial charge in [-0.05, 0) is 41.5 Å². The number of hydrogen-bond donors (Lipinski definition) is 0. The molecule has 3 aromatic carbocycles. The van der Waals surface area contributed by atoms with Crippen LogP contribution in [0.15, 0.2) is 60.7 Å². The Balaban J connectivity index is 2.08. The quantitative estimate of drug-likeness (QED) is 0.346. The summed E-state index contributed by atoms with van der Waals surface area (Å²) in [6.07, 6.45) is 0. The van der Waals surface area contributed by atoms with Crippen LogP contribution >= 0.6 is 11.3 Å². The Kier molecular flexibility index (Phi) is 3.81. The average Bonchev–Trinajstić information content (AvgIpc) is 2.92. The minimum Gasteiger partial charge on any atom is -0.207 e. The maximum absolute atomic E-state index is 13.7. The number of hydrogen-bond acceptors (Lipinski definition) is 1. The van der Waals surface area contributed by atoms with E-state index in [4.69, 9.17) is 0 Å². The summed E-state index contributed by atoms with van der Waals surface area (Å²) in [6, 6.07) is 13.8. The van der Waals surface area contributed by atoms with Gasteiger partial charge < -0.3 is 0 Å². The summed E-state index contributed by atoms with van der Waals surface area (Å²) >= 11 is 1.32. The number of rotatable bonds is 2. The smallest absolute Gasteiger partial charge is 0.126 e. The molecular weight excluding hydrogens is 348 g/mol. The van der Waals surface area contributed by atoms with Crippen LogP contribution in [0.4, 0.5) is 17.6 Å². The fraction of sp³-hybridized carbons (Fsp3) is 0. The van der Waals surface area contributed by atoms with E-state index in [1.165, 1.54) is 35.6 Å². The van der Waals surface area contributed by atoms with Gasteiger partial charge in [0.05, 0.1) is 0 Å². The normalized spacial score (nSPS) is 11.2. The summed E-state index contributed by atoms with van der Waals surface area (Å²) in [5, 5.41) is 0.775. The molecule has 0 amide bonds. The topological polar surface area (TPSA) is 0 Å². The van der Waals surface area contributed by atoms with E-state index in [1.54, 1.807) is 0 Å². The molecule has 0 N–H and O–H groups in total. The molecule has 0 saturated carbocycles. The fourth-order valence-corrected chi connectivity index (χ4v) is 4.13. The van der Waals surface area contributed by atoms with Crippen LogP contribution in [-0.4, -0.2) is 0 Å². The van der Waals surface area contributed by atoms with Gasteiger partial charge in [-0.25, -0.2) is 17.6 Å². The van der Waals surface area contributed by atoms with Crippen molar-refractivity contribution in [2.75, 3.05) is 0 Å². The molecule has 0 spiro atoms. The highest BCUT2D eigenvalue weighted by molar-refractivity contribution is 7.23. The minimum absolute atomic E-state index is 0.328. The van der Waals surface area contributed by atoms with Crippen LogP contribution in [0, 0.1) is 23.3 Å². The highest BCUT2D eigenvalue weighted by atomic mass is 32.1. The molecule has 4 aromatic rings. The lowest BCUT2D eigenvalue weighted by Crippen LogP contribution is -1.87. The second-order valence-corrected chi connectivity index (χ2v) is 6.67. The van der Waals surface area contributed by atoms with Gasteiger partial charge in [-0.15, -0.1) is 11.3 Å². The Morgan fingerprint density at radius 2 is 1.12 bits per heavy atom. The van der Waals surface area contributed by atoms with Gasteiger partial charge in [0.15, 0.2) is 0 Å². The van der Waals surface area contributed by atoms with E-state index in [0.717, 1.165) is 22.2 Å². The molecule has 0 atom stereocenters. The Hall–Kier alpha value is -2.66. The molecule has 0 aliphatic heterocycles. The number of thiophene rings is 1. The van der Waals surface area contributed by atoms with Gasteiger partial charge in [-0.3, -0.25) is 0 Å². The molecule has 1 aromatic heterocycles. The summed E-state index contributed by atoms with van der Waals surface area (Å²) in [7, 11) is 0. The van der Waals surface area contributed by atoms with Gasteiger partial charge in [-0.1, -0.05) is 18.2 Å². The molecule has 0 aliphatic carbocycles. The molecule has 0 fully saturated rings. The van der Waals surface area contributed by atoms with Gasteiger partial charge in [0.1, 0.15) is 23.3 Å². The van der Waals surface area contributed by atoms with E-state index in [2.05, 4.69) is 0 Å². The highest BCUT2D eigenvalue weighted by Crippen LogP contribution is 2.45. The van der Waals surface area contributed by atoms with E-state index in [9.17, 15) is 17.6 Å². The van der Waals surface area contributed by atoms with Crippen LogP contribution in [-0.2, 0) is 0 Å². The number of halogens is 4. The van der Waals surface area contributed by atoms with Crippen LogP contribution in [0.5, 0.6) is 0 Å². The van der Waals surface area contributed by atoms with Gasteiger partial charge in [-0.2, -0.15) is 0 Å². The molecule has 124 valence electrons. The first-order chi connectivity index (χ1) is 12.0. The van der Waals surface area contributed by atoms with Crippen molar-refractivity contribution >= 4 is 21.4 Å². The van der Waals surface area contributed by atoms with E-state index in [1.807, 2.05) is 24.3 Å². The van der Waals surface area contributed by atoms with Crippen molar-refractivity contribution in [3.8, 4) is 21.6 Å². The predicted molar refractivity (Wildman–Crippen MR) is 92.5 cm³/mol. The molecule has 0 nitrogen and oxygen atoms in total. The maximum Gasteiger partial charge on any atom is 0.126 e. The molecular formula is C20H10F4S. The van der Waals surface area contributed by atoms with Crippen LogP contribution in [0.25, 0.3) is 31.7 Å².